The van der Waals surface area contributed by atoms with Crippen LogP contribution in [0.1, 0.15) is 66.7 Å². The lowest BCUT2D eigenvalue weighted by Gasteiger charge is -2.36. The van der Waals surface area contributed by atoms with Crippen LogP contribution in [0.4, 0.5) is 0 Å². The fourth-order valence-corrected chi connectivity index (χ4v) is 2.72. The molecule has 0 radical (unpaired) electrons. The van der Waals surface area contributed by atoms with Crippen LogP contribution < -0.4 is 0 Å². The molecule has 0 heterocycles. The quantitative estimate of drug-likeness (QED) is 0.754. The van der Waals surface area contributed by atoms with Crippen LogP contribution in [-0.2, 0) is 4.79 Å². The van der Waals surface area contributed by atoms with Crippen molar-refractivity contribution in [3.8, 4) is 0 Å². The highest BCUT2D eigenvalue weighted by Gasteiger charge is 2.37. The van der Waals surface area contributed by atoms with E-state index >= 15 is 0 Å². The van der Waals surface area contributed by atoms with Gasteiger partial charge in [-0.05, 0) is 58.8 Å². The number of allylic oxidation sites excluding steroid dienone is 2. The molecule has 2 nitrogen and oxygen atoms in total. The van der Waals surface area contributed by atoms with Crippen molar-refractivity contribution in [3.05, 3.63) is 11.6 Å². The van der Waals surface area contributed by atoms with Crippen LogP contribution in [-0.4, -0.2) is 16.5 Å². The van der Waals surface area contributed by atoms with E-state index in [1.807, 2.05) is 13.8 Å². The van der Waals surface area contributed by atoms with Crippen LogP contribution >= 0.6 is 0 Å². The number of aliphatic hydroxyl groups is 1. The molecule has 1 N–H and O–H groups in total. The topological polar surface area (TPSA) is 37.3 Å². The highest BCUT2D eigenvalue weighted by atomic mass is 16.3. The molecule has 0 fully saturated rings. The fourth-order valence-electron chi connectivity index (χ4n) is 2.72. The van der Waals surface area contributed by atoms with Crippen molar-refractivity contribution < 1.29 is 9.90 Å². The molecule has 0 saturated carbocycles. The highest BCUT2D eigenvalue weighted by Crippen LogP contribution is 2.41. The van der Waals surface area contributed by atoms with Gasteiger partial charge in [0.05, 0.1) is 5.60 Å². The van der Waals surface area contributed by atoms with Crippen molar-refractivity contribution >= 4 is 5.78 Å². The minimum atomic E-state index is -0.561. The molecule has 0 aromatic heterocycles. The molecular weight excluding hydrogens is 224 g/mol. The molecule has 0 amide bonds. The molecule has 0 unspecified atom stereocenters. The first-order chi connectivity index (χ1) is 8.15. The van der Waals surface area contributed by atoms with Crippen molar-refractivity contribution in [3.63, 3.8) is 0 Å². The zero-order valence-electron chi connectivity index (χ0n) is 12.5. The molecule has 104 valence electrons. The molecule has 18 heavy (non-hydrogen) atoms. The lowest BCUT2D eigenvalue weighted by molar-refractivity contribution is -0.128. The summed E-state index contributed by atoms with van der Waals surface area (Å²) in [6.07, 6.45) is 7.21. The third kappa shape index (κ3) is 3.94. The predicted octanol–water partition coefficient (Wildman–Crippen LogP) is 3.88. The largest absolute Gasteiger partial charge is 0.390 e. The minimum absolute atomic E-state index is 0.167. The number of rotatable bonds is 5. The van der Waals surface area contributed by atoms with E-state index in [9.17, 15) is 9.90 Å². The summed E-state index contributed by atoms with van der Waals surface area (Å²) in [5, 5.41) is 9.69. The van der Waals surface area contributed by atoms with E-state index in [-0.39, 0.29) is 5.41 Å². The Morgan fingerprint density at radius 3 is 2.61 bits per heavy atom. The Bertz CT molecular complexity index is 335. The Hall–Kier alpha value is -0.630. The van der Waals surface area contributed by atoms with Crippen LogP contribution in [0.25, 0.3) is 0 Å². The summed E-state index contributed by atoms with van der Waals surface area (Å²) in [6, 6.07) is 0. The Balaban J connectivity index is 2.54. The zero-order chi connectivity index (χ0) is 14.0. The average molecular weight is 252 g/mol. The number of ketones is 1. The third-order valence-electron chi connectivity index (χ3n) is 4.55. The molecule has 0 saturated heterocycles. The van der Waals surface area contributed by atoms with E-state index in [0.717, 1.165) is 32.1 Å². The first-order valence-electron chi connectivity index (χ1n) is 7.08. The molecule has 0 bridgehead atoms. The molecule has 0 spiro atoms. The molecule has 0 aromatic carbocycles. The Morgan fingerprint density at radius 1 is 1.56 bits per heavy atom. The Kier molecular flexibility index (Phi) is 4.77. The number of hydrogen-bond donors (Lipinski definition) is 1. The van der Waals surface area contributed by atoms with Gasteiger partial charge < -0.3 is 5.11 Å². The van der Waals surface area contributed by atoms with Gasteiger partial charge in [-0.2, -0.15) is 0 Å². The van der Waals surface area contributed by atoms with Crippen LogP contribution in [0.15, 0.2) is 11.6 Å². The van der Waals surface area contributed by atoms with Gasteiger partial charge in [0, 0.05) is 5.41 Å². The van der Waals surface area contributed by atoms with E-state index in [1.165, 1.54) is 5.57 Å². The van der Waals surface area contributed by atoms with E-state index in [4.69, 9.17) is 0 Å². The van der Waals surface area contributed by atoms with Gasteiger partial charge in [0.2, 0.25) is 0 Å². The summed E-state index contributed by atoms with van der Waals surface area (Å²) >= 11 is 0. The van der Waals surface area contributed by atoms with Crippen molar-refractivity contribution in [2.24, 2.45) is 11.3 Å². The summed E-state index contributed by atoms with van der Waals surface area (Å²) in [4.78, 5) is 11.7. The van der Waals surface area contributed by atoms with E-state index in [2.05, 4.69) is 19.9 Å². The normalized spacial score (nSPS) is 29.0. The van der Waals surface area contributed by atoms with E-state index in [0.29, 0.717) is 11.7 Å². The second-order valence-electron chi connectivity index (χ2n) is 6.75. The summed E-state index contributed by atoms with van der Waals surface area (Å²) in [6.45, 7) is 9.67. The van der Waals surface area contributed by atoms with E-state index < -0.39 is 5.60 Å². The van der Waals surface area contributed by atoms with Gasteiger partial charge >= 0.3 is 0 Å². The first kappa shape index (κ1) is 15.4. The molecule has 0 aromatic rings. The van der Waals surface area contributed by atoms with Crippen molar-refractivity contribution in [2.45, 2.75) is 72.3 Å². The fraction of sp³-hybridized carbons (Fsp3) is 0.812. The highest BCUT2D eigenvalue weighted by molar-refractivity contribution is 5.82. The van der Waals surface area contributed by atoms with Gasteiger partial charge in [-0.1, -0.05) is 25.5 Å². The number of carbonyl (C=O) groups is 1. The van der Waals surface area contributed by atoms with Gasteiger partial charge in [0.25, 0.3) is 0 Å². The second-order valence-corrected chi connectivity index (χ2v) is 6.75. The van der Waals surface area contributed by atoms with E-state index in [1.54, 1.807) is 6.92 Å². The molecule has 1 aliphatic rings. The van der Waals surface area contributed by atoms with Crippen molar-refractivity contribution in [2.75, 3.05) is 0 Å². The van der Waals surface area contributed by atoms with Crippen molar-refractivity contribution in [1.82, 2.24) is 0 Å². The van der Waals surface area contributed by atoms with Crippen molar-refractivity contribution in [1.29, 1.82) is 0 Å². The van der Waals surface area contributed by atoms with Gasteiger partial charge in [0.15, 0.2) is 0 Å². The Morgan fingerprint density at radius 2 is 2.17 bits per heavy atom. The van der Waals surface area contributed by atoms with Crippen LogP contribution in [0, 0.1) is 11.3 Å². The minimum Gasteiger partial charge on any atom is -0.390 e. The van der Waals surface area contributed by atoms with Gasteiger partial charge in [-0.15, -0.1) is 0 Å². The van der Waals surface area contributed by atoms with Gasteiger partial charge in [-0.3, -0.25) is 4.79 Å². The van der Waals surface area contributed by atoms with Gasteiger partial charge in [-0.25, -0.2) is 0 Å². The third-order valence-corrected chi connectivity index (χ3v) is 4.55. The standard InChI is InChI=1S/C16H28O2/c1-12-11-14(7-6-9-15(3,4)18)8-10-16(12,5)13(2)17/h11-12,18H,6-10H2,1-5H3/t12-,16+/m1/s1. The second kappa shape index (κ2) is 5.56. The maximum absolute atomic E-state index is 11.7. The summed E-state index contributed by atoms with van der Waals surface area (Å²) in [5.41, 5.74) is 0.736. The summed E-state index contributed by atoms with van der Waals surface area (Å²) in [5.74, 6) is 0.641. The number of hydrogen-bond acceptors (Lipinski definition) is 2. The number of carbonyl (C=O) groups excluding carboxylic acids is 1. The molecular formula is C16H28O2. The monoisotopic (exact) mass is 252 g/mol. The van der Waals surface area contributed by atoms with Gasteiger partial charge in [0.1, 0.15) is 5.78 Å². The molecule has 0 aliphatic heterocycles. The summed E-state index contributed by atoms with van der Waals surface area (Å²) in [7, 11) is 0. The lowest BCUT2D eigenvalue weighted by Crippen LogP contribution is -2.34. The average Bonchev–Trinajstić information content (AvgIpc) is 2.21. The van der Waals surface area contributed by atoms with Crippen LogP contribution in [0.3, 0.4) is 0 Å². The molecule has 1 aliphatic carbocycles. The predicted molar refractivity (Wildman–Crippen MR) is 75.4 cm³/mol. The van der Waals surface area contributed by atoms with Crippen LogP contribution in [0.5, 0.6) is 0 Å². The Labute approximate surface area is 111 Å². The molecule has 1 rings (SSSR count). The first-order valence-corrected chi connectivity index (χ1v) is 7.08. The SMILES string of the molecule is CC(=O)[C@@]1(C)CCC(CCCC(C)(C)O)=C[C@H]1C. The van der Waals surface area contributed by atoms with Crippen LogP contribution in [0.2, 0.25) is 0 Å². The lowest BCUT2D eigenvalue weighted by atomic mass is 9.67. The maximum Gasteiger partial charge on any atom is 0.136 e. The molecule has 2 atom stereocenters. The molecule has 2 heteroatoms. The summed E-state index contributed by atoms with van der Waals surface area (Å²) < 4.78 is 0. The number of Topliss-reactive ketones (excluding diaryl/α,β-unsaturated/α-hetero) is 1. The maximum atomic E-state index is 11.7. The zero-order valence-corrected chi connectivity index (χ0v) is 12.5. The smallest absolute Gasteiger partial charge is 0.136 e.